The Morgan fingerprint density at radius 3 is 2.70 bits per heavy atom. The molecule has 27 heavy (non-hydrogen) atoms. The summed E-state index contributed by atoms with van der Waals surface area (Å²) >= 11 is 0. The van der Waals surface area contributed by atoms with Crippen LogP contribution in [0.2, 0.25) is 0 Å². The minimum Gasteiger partial charge on any atom is -0.434 e. The van der Waals surface area contributed by atoms with E-state index >= 15 is 0 Å². The van der Waals surface area contributed by atoms with E-state index in [0.717, 1.165) is 10.9 Å². The number of hydrogen-bond donors (Lipinski definition) is 1. The zero-order chi connectivity index (χ0) is 18.8. The van der Waals surface area contributed by atoms with Gasteiger partial charge in [-0.05, 0) is 23.6 Å². The standard InChI is InChI=1S/C21H20N4O2/c1-13(2)12-23-20(26)19-24-16(11-14-7-4-3-5-8-14)18-17(25-19)15-9-6-10-22-21(15)27-18/h3-10,13H,11-12H2,1-2H3,(H,23,26). The van der Waals surface area contributed by atoms with Crippen LogP contribution in [0.5, 0.6) is 0 Å². The molecule has 6 heteroatoms. The lowest BCUT2D eigenvalue weighted by Gasteiger charge is -2.08. The molecular weight excluding hydrogens is 340 g/mol. The van der Waals surface area contributed by atoms with E-state index in [1.165, 1.54) is 0 Å². The third kappa shape index (κ3) is 3.51. The highest BCUT2D eigenvalue weighted by atomic mass is 16.3. The summed E-state index contributed by atoms with van der Waals surface area (Å²) < 4.78 is 5.92. The zero-order valence-electron chi connectivity index (χ0n) is 15.3. The van der Waals surface area contributed by atoms with E-state index < -0.39 is 0 Å². The largest absolute Gasteiger partial charge is 0.434 e. The number of furan rings is 1. The van der Waals surface area contributed by atoms with Gasteiger partial charge in [0, 0.05) is 19.2 Å². The third-order valence-electron chi connectivity index (χ3n) is 4.25. The summed E-state index contributed by atoms with van der Waals surface area (Å²) in [7, 11) is 0. The fraction of sp³-hybridized carbons (Fsp3) is 0.238. The maximum atomic E-state index is 12.6. The molecule has 0 aliphatic carbocycles. The van der Waals surface area contributed by atoms with Crippen LogP contribution in [0.25, 0.3) is 22.2 Å². The van der Waals surface area contributed by atoms with Crippen LogP contribution >= 0.6 is 0 Å². The smallest absolute Gasteiger partial charge is 0.289 e. The average Bonchev–Trinajstić information content (AvgIpc) is 3.06. The maximum absolute atomic E-state index is 12.6. The molecule has 1 aromatic carbocycles. The zero-order valence-corrected chi connectivity index (χ0v) is 15.3. The number of benzene rings is 1. The van der Waals surface area contributed by atoms with E-state index in [1.54, 1.807) is 6.20 Å². The van der Waals surface area contributed by atoms with Crippen molar-refractivity contribution >= 4 is 28.1 Å². The first-order valence-corrected chi connectivity index (χ1v) is 8.98. The number of pyridine rings is 1. The van der Waals surface area contributed by atoms with Gasteiger partial charge in [0.15, 0.2) is 5.58 Å². The third-order valence-corrected chi connectivity index (χ3v) is 4.25. The average molecular weight is 360 g/mol. The highest BCUT2D eigenvalue weighted by Gasteiger charge is 2.20. The number of nitrogens with one attached hydrogen (secondary N) is 1. The van der Waals surface area contributed by atoms with Crippen molar-refractivity contribution in [1.29, 1.82) is 0 Å². The Morgan fingerprint density at radius 1 is 1.11 bits per heavy atom. The van der Waals surface area contributed by atoms with Crippen molar-refractivity contribution < 1.29 is 9.21 Å². The lowest BCUT2D eigenvalue weighted by atomic mass is 10.1. The highest BCUT2D eigenvalue weighted by molar-refractivity contribution is 6.03. The molecule has 4 aromatic rings. The van der Waals surface area contributed by atoms with Crippen LogP contribution in [-0.2, 0) is 6.42 Å². The van der Waals surface area contributed by atoms with E-state index in [2.05, 4.69) is 20.3 Å². The summed E-state index contributed by atoms with van der Waals surface area (Å²) in [4.78, 5) is 25.8. The molecule has 4 rings (SSSR count). The van der Waals surface area contributed by atoms with Gasteiger partial charge in [-0.3, -0.25) is 4.79 Å². The van der Waals surface area contributed by atoms with E-state index in [1.807, 2.05) is 56.3 Å². The van der Waals surface area contributed by atoms with Gasteiger partial charge in [-0.25, -0.2) is 15.0 Å². The SMILES string of the molecule is CC(C)CNC(=O)c1nc(Cc2ccccc2)c2oc3ncccc3c2n1. The number of rotatable bonds is 5. The normalized spacial score (nSPS) is 11.4. The van der Waals surface area contributed by atoms with Crippen LogP contribution in [0.3, 0.4) is 0 Å². The van der Waals surface area contributed by atoms with E-state index in [9.17, 15) is 4.79 Å². The fourth-order valence-electron chi connectivity index (χ4n) is 2.92. The van der Waals surface area contributed by atoms with Gasteiger partial charge >= 0.3 is 0 Å². The molecule has 3 aromatic heterocycles. The predicted octanol–water partition coefficient (Wildman–Crippen LogP) is 3.75. The highest BCUT2D eigenvalue weighted by Crippen LogP contribution is 2.28. The van der Waals surface area contributed by atoms with Crippen LogP contribution in [0.4, 0.5) is 0 Å². The summed E-state index contributed by atoms with van der Waals surface area (Å²) in [5, 5.41) is 3.66. The second-order valence-corrected chi connectivity index (χ2v) is 6.90. The van der Waals surface area contributed by atoms with Crippen molar-refractivity contribution in [3.8, 4) is 0 Å². The summed E-state index contributed by atoms with van der Waals surface area (Å²) in [6.45, 7) is 4.66. The molecule has 0 atom stereocenters. The first kappa shape index (κ1) is 17.1. The number of carbonyl (C=O) groups is 1. The summed E-state index contributed by atoms with van der Waals surface area (Å²) in [5.41, 5.74) is 3.45. The number of hydrogen-bond acceptors (Lipinski definition) is 5. The molecule has 0 aliphatic rings. The monoisotopic (exact) mass is 360 g/mol. The first-order chi connectivity index (χ1) is 13.1. The first-order valence-electron chi connectivity index (χ1n) is 8.98. The fourth-order valence-corrected chi connectivity index (χ4v) is 2.92. The molecule has 1 amide bonds. The Hall–Kier alpha value is -3.28. The Morgan fingerprint density at radius 2 is 1.93 bits per heavy atom. The minimum absolute atomic E-state index is 0.153. The second kappa shape index (κ2) is 7.15. The molecule has 136 valence electrons. The Labute approximate surface area is 156 Å². The van der Waals surface area contributed by atoms with Crippen molar-refractivity contribution in [2.75, 3.05) is 6.54 Å². The molecule has 0 saturated heterocycles. The maximum Gasteiger partial charge on any atom is 0.289 e. The molecule has 6 nitrogen and oxygen atoms in total. The molecular formula is C21H20N4O2. The van der Waals surface area contributed by atoms with Gasteiger partial charge < -0.3 is 9.73 Å². The number of fused-ring (bicyclic) bond motifs is 3. The molecule has 0 spiro atoms. The van der Waals surface area contributed by atoms with Gasteiger partial charge in [-0.1, -0.05) is 44.2 Å². The van der Waals surface area contributed by atoms with Gasteiger partial charge in [0.1, 0.15) is 5.52 Å². The number of aromatic nitrogens is 3. The summed E-state index contributed by atoms with van der Waals surface area (Å²) in [6, 6.07) is 13.7. The van der Waals surface area contributed by atoms with Gasteiger partial charge in [0.2, 0.25) is 11.5 Å². The van der Waals surface area contributed by atoms with Gasteiger partial charge in [-0.15, -0.1) is 0 Å². The van der Waals surface area contributed by atoms with Crippen molar-refractivity contribution in [3.05, 3.63) is 65.7 Å². The molecule has 0 bridgehead atoms. The molecule has 0 saturated carbocycles. The quantitative estimate of drug-likeness (QED) is 0.586. The number of carbonyl (C=O) groups excluding carboxylic acids is 1. The molecule has 0 radical (unpaired) electrons. The van der Waals surface area contributed by atoms with Crippen molar-refractivity contribution in [1.82, 2.24) is 20.3 Å². The lowest BCUT2D eigenvalue weighted by molar-refractivity contribution is 0.0938. The Bertz CT molecular complexity index is 1100. The topological polar surface area (TPSA) is 80.9 Å². The van der Waals surface area contributed by atoms with Crippen molar-refractivity contribution in [2.24, 2.45) is 5.92 Å². The van der Waals surface area contributed by atoms with Crippen LogP contribution in [0, 0.1) is 5.92 Å². The van der Waals surface area contributed by atoms with Crippen LogP contribution in [0.1, 0.15) is 35.7 Å². The van der Waals surface area contributed by atoms with Gasteiger partial charge in [-0.2, -0.15) is 0 Å². The molecule has 0 fully saturated rings. The number of amides is 1. The van der Waals surface area contributed by atoms with E-state index in [0.29, 0.717) is 41.4 Å². The van der Waals surface area contributed by atoms with Crippen molar-refractivity contribution in [2.45, 2.75) is 20.3 Å². The van der Waals surface area contributed by atoms with Crippen molar-refractivity contribution in [3.63, 3.8) is 0 Å². The van der Waals surface area contributed by atoms with Gasteiger partial charge in [0.05, 0.1) is 11.1 Å². The summed E-state index contributed by atoms with van der Waals surface area (Å²) in [6.07, 6.45) is 2.22. The van der Waals surface area contributed by atoms with E-state index in [-0.39, 0.29) is 11.7 Å². The van der Waals surface area contributed by atoms with Gasteiger partial charge in [0.25, 0.3) is 5.91 Å². The van der Waals surface area contributed by atoms with Crippen LogP contribution in [0.15, 0.2) is 53.1 Å². The molecule has 3 heterocycles. The van der Waals surface area contributed by atoms with E-state index in [4.69, 9.17) is 4.42 Å². The molecule has 1 N–H and O–H groups in total. The lowest BCUT2D eigenvalue weighted by Crippen LogP contribution is -2.29. The number of nitrogens with zero attached hydrogens (tertiary/aromatic N) is 3. The second-order valence-electron chi connectivity index (χ2n) is 6.90. The molecule has 0 aliphatic heterocycles. The predicted molar refractivity (Wildman–Crippen MR) is 104 cm³/mol. The Balaban J connectivity index is 1.84. The minimum atomic E-state index is -0.279. The van der Waals surface area contributed by atoms with Crippen LogP contribution < -0.4 is 5.32 Å². The molecule has 0 unspecified atom stereocenters. The summed E-state index contributed by atoms with van der Waals surface area (Å²) in [5.74, 6) is 0.221. The van der Waals surface area contributed by atoms with Crippen LogP contribution in [-0.4, -0.2) is 27.4 Å². The Kier molecular flexibility index (Phi) is 4.54.